The maximum absolute atomic E-state index is 13.9. The van der Waals surface area contributed by atoms with Crippen LogP contribution in [-0.2, 0) is 0 Å². The van der Waals surface area contributed by atoms with Gasteiger partial charge in [0.1, 0.15) is 11.6 Å². The van der Waals surface area contributed by atoms with Crippen LogP contribution in [0, 0.1) is 26.6 Å². The number of carbonyl (C=O) groups is 1. The molecule has 6 nitrogen and oxygen atoms in total. The number of thiophene rings is 1. The molecule has 4 rings (SSSR count). The average molecular weight is 381 g/mol. The fraction of sp³-hybridized carbons (Fsp3) is 0.158. The first-order valence-corrected chi connectivity index (χ1v) is 9.11. The lowest BCUT2D eigenvalue weighted by Crippen LogP contribution is -2.15. The van der Waals surface area contributed by atoms with Crippen LogP contribution in [0.1, 0.15) is 26.8 Å². The van der Waals surface area contributed by atoms with Gasteiger partial charge in [-0.3, -0.25) is 4.79 Å². The molecule has 0 saturated heterocycles. The number of anilines is 1. The van der Waals surface area contributed by atoms with E-state index < -0.39 is 0 Å². The van der Waals surface area contributed by atoms with Crippen molar-refractivity contribution in [2.24, 2.45) is 0 Å². The third-order valence-electron chi connectivity index (χ3n) is 3.97. The van der Waals surface area contributed by atoms with Crippen molar-refractivity contribution in [1.29, 1.82) is 0 Å². The van der Waals surface area contributed by atoms with Crippen LogP contribution in [0.25, 0.3) is 16.0 Å². The lowest BCUT2D eigenvalue weighted by Gasteiger charge is -2.08. The van der Waals surface area contributed by atoms with E-state index in [1.54, 1.807) is 24.3 Å². The number of carbonyl (C=O) groups excluding carboxylic acids is 1. The van der Waals surface area contributed by atoms with E-state index in [-0.39, 0.29) is 11.7 Å². The van der Waals surface area contributed by atoms with Crippen molar-refractivity contribution in [1.82, 2.24) is 19.7 Å². The van der Waals surface area contributed by atoms with E-state index in [4.69, 9.17) is 0 Å². The fourth-order valence-corrected chi connectivity index (χ4v) is 3.83. The fourth-order valence-electron chi connectivity index (χ4n) is 2.86. The summed E-state index contributed by atoms with van der Waals surface area (Å²) in [5.41, 5.74) is 2.33. The Labute approximate surface area is 158 Å². The summed E-state index contributed by atoms with van der Waals surface area (Å²) in [6.45, 7) is 5.57. The maximum atomic E-state index is 13.9. The molecule has 0 unspecified atom stereocenters. The number of halogens is 1. The third kappa shape index (κ3) is 3.31. The third-order valence-corrected chi connectivity index (χ3v) is 5.06. The number of aryl methyl sites for hydroxylation is 3. The first kappa shape index (κ1) is 17.3. The molecule has 136 valence electrons. The molecule has 0 saturated carbocycles. The number of benzene rings is 1. The summed E-state index contributed by atoms with van der Waals surface area (Å²) in [6.07, 6.45) is 0. The molecule has 0 atom stereocenters. The first-order chi connectivity index (χ1) is 12.9. The van der Waals surface area contributed by atoms with Crippen LogP contribution in [0.4, 0.5) is 10.2 Å². The number of hydrogen-bond acceptors (Lipinski definition) is 5. The van der Waals surface area contributed by atoms with E-state index in [0.717, 1.165) is 21.8 Å². The van der Waals surface area contributed by atoms with Gasteiger partial charge in [-0.25, -0.2) is 14.4 Å². The minimum Gasteiger partial charge on any atom is -0.306 e. The van der Waals surface area contributed by atoms with Crippen molar-refractivity contribution in [2.45, 2.75) is 20.8 Å². The Balaban J connectivity index is 1.70. The van der Waals surface area contributed by atoms with E-state index in [9.17, 15) is 9.18 Å². The van der Waals surface area contributed by atoms with E-state index >= 15 is 0 Å². The number of nitrogens with one attached hydrogen (secondary N) is 1. The SMILES string of the molecule is Cc1cc(C)nc(-n2nc(C)cc2NC(=O)c2cc3c(F)cccc3s2)n1. The Kier molecular flexibility index (Phi) is 4.19. The molecule has 0 bridgehead atoms. The van der Waals surface area contributed by atoms with Gasteiger partial charge in [0.05, 0.1) is 10.6 Å². The van der Waals surface area contributed by atoms with E-state index in [2.05, 4.69) is 20.4 Å². The van der Waals surface area contributed by atoms with Gasteiger partial charge in [0.2, 0.25) is 0 Å². The zero-order valence-corrected chi connectivity index (χ0v) is 15.8. The van der Waals surface area contributed by atoms with Gasteiger partial charge in [0, 0.05) is 27.5 Å². The smallest absolute Gasteiger partial charge is 0.266 e. The minimum atomic E-state index is -0.340. The molecule has 4 aromatic rings. The molecule has 3 aromatic heterocycles. The lowest BCUT2D eigenvalue weighted by atomic mass is 10.2. The highest BCUT2D eigenvalue weighted by Crippen LogP contribution is 2.28. The monoisotopic (exact) mass is 381 g/mol. The topological polar surface area (TPSA) is 72.7 Å². The standard InChI is InChI=1S/C19H16FN5OS/c1-10-7-11(2)22-19(21-10)25-17(8-12(3)24-25)23-18(26)16-9-13-14(20)5-4-6-15(13)27-16/h4-9H,1-3H3,(H,23,26). The Morgan fingerprint density at radius 3 is 2.52 bits per heavy atom. The van der Waals surface area contributed by atoms with Crippen LogP contribution in [0.3, 0.4) is 0 Å². The molecule has 0 aliphatic heterocycles. The zero-order chi connectivity index (χ0) is 19.1. The van der Waals surface area contributed by atoms with Gasteiger partial charge < -0.3 is 5.32 Å². The van der Waals surface area contributed by atoms with Crippen LogP contribution in [0.2, 0.25) is 0 Å². The molecule has 0 aliphatic carbocycles. The van der Waals surface area contributed by atoms with E-state index in [1.807, 2.05) is 26.8 Å². The largest absolute Gasteiger partial charge is 0.306 e. The maximum Gasteiger partial charge on any atom is 0.266 e. The summed E-state index contributed by atoms with van der Waals surface area (Å²) in [7, 11) is 0. The van der Waals surface area contributed by atoms with Gasteiger partial charge in [-0.2, -0.15) is 9.78 Å². The van der Waals surface area contributed by atoms with Crippen molar-refractivity contribution in [2.75, 3.05) is 5.32 Å². The molecule has 8 heteroatoms. The number of nitrogens with zero attached hydrogens (tertiary/aromatic N) is 4. The quantitative estimate of drug-likeness (QED) is 0.577. The predicted octanol–water partition coefficient (Wildman–Crippen LogP) is 4.19. The summed E-state index contributed by atoms with van der Waals surface area (Å²) < 4.78 is 16.1. The predicted molar refractivity (Wildman–Crippen MR) is 103 cm³/mol. The molecule has 27 heavy (non-hydrogen) atoms. The first-order valence-electron chi connectivity index (χ1n) is 8.29. The van der Waals surface area contributed by atoms with E-state index in [1.165, 1.54) is 22.1 Å². The number of amides is 1. The normalized spacial score (nSPS) is 11.1. The second-order valence-corrected chi connectivity index (χ2v) is 7.33. The van der Waals surface area contributed by atoms with Crippen LogP contribution >= 0.6 is 11.3 Å². The number of rotatable bonds is 3. The molecular formula is C19H16FN5OS. The molecule has 0 radical (unpaired) electrons. The Morgan fingerprint density at radius 1 is 1.07 bits per heavy atom. The lowest BCUT2D eigenvalue weighted by molar-refractivity contribution is 0.103. The van der Waals surface area contributed by atoms with Crippen molar-refractivity contribution in [3.05, 3.63) is 64.2 Å². The van der Waals surface area contributed by atoms with Crippen LogP contribution in [0.5, 0.6) is 0 Å². The number of fused-ring (bicyclic) bond motifs is 1. The Hall–Kier alpha value is -3.13. The highest BCUT2D eigenvalue weighted by molar-refractivity contribution is 7.20. The summed E-state index contributed by atoms with van der Waals surface area (Å²) in [4.78, 5) is 21.9. The van der Waals surface area contributed by atoms with Crippen molar-refractivity contribution >= 4 is 33.1 Å². The van der Waals surface area contributed by atoms with Crippen LogP contribution < -0.4 is 5.32 Å². The highest BCUT2D eigenvalue weighted by Gasteiger charge is 2.17. The van der Waals surface area contributed by atoms with Gasteiger partial charge in [-0.05, 0) is 45.0 Å². The van der Waals surface area contributed by atoms with Gasteiger partial charge in [0.25, 0.3) is 11.9 Å². The number of hydrogen-bond donors (Lipinski definition) is 1. The molecule has 0 fully saturated rings. The average Bonchev–Trinajstić information content (AvgIpc) is 3.18. The van der Waals surface area contributed by atoms with Crippen molar-refractivity contribution < 1.29 is 9.18 Å². The number of aromatic nitrogens is 4. The molecule has 1 N–H and O–H groups in total. The Morgan fingerprint density at radius 2 is 1.81 bits per heavy atom. The van der Waals surface area contributed by atoms with Gasteiger partial charge in [-0.15, -0.1) is 11.3 Å². The Bertz CT molecular complexity index is 1160. The minimum absolute atomic E-state index is 0.332. The van der Waals surface area contributed by atoms with Crippen molar-refractivity contribution in [3.8, 4) is 5.95 Å². The van der Waals surface area contributed by atoms with Crippen molar-refractivity contribution in [3.63, 3.8) is 0 Å². The van der Waals surface area contributed by atoms with E-state index in [0.29, 0.717) is 22.0 Å². The molecule has 0 aliphatic rings. The molecule has 0 spiro atoms. The second kappa shape index (κ2) is 6.55. The second-order valence-electron chi connectivity index (χ2n) is 6.25. The summed E-state index contributed by atoms with van der Waals surface area (Å²) in [5, 5.41) is 7.66. The highest BCUT2D eigenvalue weighted by atomic mass is 32.1. The van der Waals surface area contributed by atoms with Gasteiger partial charge in [0.15, 0.2) is 0 Å². The summed E-state index contributed by atoms with van der Waals surface area (Å²) >= 11 is 1.24. The molecule has 1 aromatic carbocycles. The van der Waals surface area contributed by atoms with Crippen LogP contribution in [-0.4, -0.2) is 25.7 Å². The molecular weight excluding hydrogens is 365 g/mol. The molecule has 1 amide bonds. The zero-order valence-electron chi connectivity index (χ0n) is 14.9. The van der Waals surface area contributed by atoms with Crippen LogP contribution in [0.15, 0.2) is 36.4 Å². The summed E-state index contributed by atoms with van der Waals surface area (Å²) in [5.74, 6) is 0.173. The summed E-state index contributed by atoms with van der Waals surface area (Å²) in [6, 6.07) is 9.97. The van der Waals surface area contributed by atoms with Gasteiger partial charge in [-0.1, -0.05) is 6.07 Å². The van der Waals surface area contributed by atoms with Gasteiger partial charge >= 0.3 is 0 Å². The molecule has 3 heterocycles.